The number of nitrogens with zero attached hydrogens (tertiary/aromatic N) is 2. The van der Waals surface area contributed by atoms with Gasteiger partial charge in [-0.1, -0.05) is 18.2 Å². The van der Waals surface area contributed by atoms with Crippen molar-refractivity contribution in [1.29, 1.82) is 5.41 Å². The van der Waals surface area contributed by atoms with Crippen LogP contribution in [0.1, 0.15) is 12.0 Å². The molecule has 0 spiro atoms. The van der Waals surface area contributed by atoms with Crippen LogP contribution in [-0.2, 0) is 0 Å². The van der Waals surface area contributed by atoms with Crippen LogP contribution >= 0.6 is 15.9 Å². The Morgan fingerprint density at radius 3 is 2.57 bits per heavy atom. The fraction of sp³-hybridized carbons (Fsp3) is 0.0870. The predicted octanol–water partition coefficient (Wildman–Crippen LogP) is 4.70. The molecule has 2 heterocycles. The number of nitrogens with one attached hydrogen (secondary N) is 1. The van der Waals surface area contributed by atoms with Gasteiger partial charge in [-0.15, -0.1) is 0 Å². The summed E-state index contributed by atoms with van der Waals surface area (Å²) >= 11 is 3.43. The number of hydrogen-bond acceptors (Lipinski definition) is 5. The summed E-state index contributed by atoms with van der Waals surface area (Å²) in [4.78, 5) is 8.95. The van der Waals surface area contributed by atoms with Crippen LogP contribution < -0.4 is 16.2 Å². The molecule has 1 unspecified atom stereocenters. The maximum Gasteiger partial charge on any atom is 0.127 e. The Hall–Kier alpha value is -3.45. The molecule has 1 aromatic carbocycles. The third-order valence-electron chi connectivity index (χ3n) is 4.68. The van der Waals surface area contributed by atoms with Gasteiger partial charge in [-0.3, -0.25) is 10.4 Å². The number of nitrogen functional groups attached to an aromatic ring is 2. The molecule has 1 aliphatic rings. The van der Waals surface area contributed by atoms with E-state index >= 15 is 0 Å². The minimum atomic E-state index is -0.131. The number of halogens is 1. The number of hydrogen-bond donors (Lipinski definition) is 3. The van der Waals surface area contributed by atoms with Gasteiger partial charge >= 0.3 is 0 Å². The number of anilines is 1. The van der Waals surface area contributed by atoms with Crippen molar-refractivity contribution in [2.24, 2.45) is 5.73 Å². The van der Waals surface area contributed by atoms with E-state index in [1.165, 1.54) is 0 Å². The highest BCUT2D eigenvalue weighted by atomic mass is 79.9. The summed E-state index contributed by atoms with van der Waals surface area (Å²) < 4.78 is 6.83. The SMILES string of the molecule is N=C(N)c1c(N)cc(-c2cncc(Br)c2)nc1-c1ccc(OC2C=CC=CC2)cc1. The lowest BCUT2D eigenvalue weighted by atomic mass is 10.0. The zero-order valence-electron chi connectivity index (χ0n) is 16.0. The van der Waals surface area contributed by atoms with Crippen LogP contribution in [0.15, 0.2) is 77.6 Å². The standard InChI is InChI=1S/C23H20BrN5O/c24-16-10-15(12-28-13-16)20-11-19(25)21(23(26)27)22(29-20)14-6-8-18(9-7-14)30-17-4-2-1-3-5-17/h1-4,6-13,17H,5H2,(H2,25,29)(H3,26,27). The van der Waals surface area contributed by atoms with Crippen molar-refractivity contribution in [1.82, 2.24) is 9.97 Å². The Kier molecular flexibility index (Phi) is 5.63. The summed E-state index contributed by atoms with van der Waals surface area (Å²) in [6, 6.07) is 11.2. The maximum absolute atomic E-state index is 7.99. The number of amidine groups is 1. The summed E-state index contributed by atoms with van der Waals surface area (Å²) in [7, 11) is 0. The molecule has 4 rings (SSSR count). The molecule has 6 nitrogen and oxygen atoms in total. The molecule has 30 heavy (non-hydrogen) atoms. The van der Waals surface area contributed by atoms with Crippen molar-refractivity contribution >= 4 is 27.5 Å². The summed E-state index contributed by atoms with van der Waals surface area (Å²) in [5, 5.41) is 7.99. The van der Waals surface area contributed by atoms with Crippen molar-refractivity contribution in [2.75, 3.05) is 5.73 Å². The zero-order valence-corrected chi connectivity index (χ0v) is 17.6. The van der Waals surface area contributed by atoms with Crippen LogP contribution in [0.2, 0.25) is 0 Å². The molecule has 150 valence electrons. The highest BCUT2D eigenvalue weighted by Crippen LogP contribution is 2.32. The smallest absolute Gasteiger partial charge is 0.127 e. The van der Waals surface area contributed by atoms with E-state index in [1.54, 1.807) is 18.5 Å². The number of allylic oxidation sites excluding steroid dienone is 2. The van der Waals surface area contributed by atoms with Crippen molar-refractivity contribution < 1.29 is 4.74 Å². The zero-order chi connectivity index (χ0) is 21.1. The van der Waals surface area contributed by atoms with Gasteiger partial charge in [0.25, 0.3) is 0 Å². The van der Waals surface area contributed by atoms with Crippen LogP contribution in [0.5, 0.6) is 5.75 Å². The third kappa shape index (κ3) is 4.26. The van der Waals surface area contributed by atoms with Crippen LogP contribution in [-0.4, -0.2) is 21.9 Å². The Morgan fingerprint density at radius 1 is 1.10 bits per heavy atom. The van der Waals surface area contributed by atoms with Gasteiger partial charge < -0.3 is 16.2 Å². The van der Waals surface area contributed by atoms with Gasteiger partial charge in [-0.05, 0) is 58.4 Å². The van der Waals surface area contributed by atoms with Crippen LogP contribution in [0.4, 0.5) is 5.69 Å². The van der Waals surface area contributed by atoms with E-state index in [-0.39, 0.29) is 11.9 Å². The van der Waals surface area contributed by atoms with E-state index in [2.05, 4.69) is 27.0 Å². The van der Waals surface area contributed by atoms with Gasteiger partial charge in [0, 0.05) is 40.1 Å². The lowest BCUT2D eigenvalue weighted by Crippen LogP contribution is -2.16. The van der Waals surface area contributed by atoms with Crippen molar-refractivity contribution in [3.63, 3.8) is 0 Å². The van der Waals surface area contributed by atoms with Gasteiger partial charge in [-0.2, -0.15) is 0 Å². The van der Waals surface area contributed by atoms with E-state index in [0.29, 0.717) is 22.6 Å². The highest BCUT2D eigenvalue weighted by Gasteiger charge is 2.17. The molecule has 0 amide bonds. The number of rotatable bonds is 5. The fourth-order valence-corrected chi connectivity index (χ4v) is 3.63. The third-order valence-corrected chi connectivity index (χ3v) is 5.11. The van der Waals surface area contributed by atoms with Crippen molar-refractivity contribution in [3.8, 4) is 28.3 Å². The minimum Gasteiger partial charge on any atom is -0.486 e. The van der Waals surface area contributed by atoms with Crippen LogP contribution in [0.3, 0.4) is 0 Å². The molecule has 1 atom stereocenters. The first kappa shape index (κ1) is 19.8. The Balaban J connectivity index is 1.72. The first-order valence-electron chi connectivity index (χ1n) is 9.37. The first-order valence-corrected chi connectivity index (χ1v) is 10.2. The highest BCUT2D eigenvalue weighted by molar-refractivity contribution is 9.10. The molecule has 0 aliphatic heterocycles. The van der Waals surface area contributed by atoms with Crippen LogP contribution in [0.25, 0.3) is 22.5 Å². The average Bonchev–Trinajstić information content (AvgIpc) is 2.74. The summed E-state index contributed by atoms with van der Waals surface area (Å²) in [5.74, 6) is 0.627. The quantitative estimate of drug-likeness (QED) is 0.376. The van der Waals surface area contributed by atoms with E-state index in [0.717, 1.165) is 27.8 Å². The number of nitrogens with two attached hydrogens (primary N) is 2. The molecule has 3 aromatic rings. The monoisotopic (exact) mass is 461 g/mol. The van der Waals surface area contributed by atoms with E-state index in [4.69, 9.17) is 26.6 Å². The molecule has 0 saturated heterocycles. The molecule has 1 aliphatic carbocycles. The van der Waals surface area contributed by atoms with E-state index in [9.17, 15) is 0 Å². The van der Waals surface area contributed by atoms with Crippen molar-refractivity contribution in [2.45, 2.75) is 12.5 Å². The van der Waals surface area contributed by atoms with Gasteiger partial charge in [0.2, 0.25) is 0 Å². The normalized spacial score (nSPS) is 15.2. The Labute approximate surface area is 183 Å². The minimum absolute atomic E-state index is 0.0229. The number of benzene rings is 1. The largest absolute Gasteiger partial charge is 0.486 e. The molecule has 2 aromatic heterocycles. The topological polar surface area (TPSA) is 111 Å². The second-order valence-electron chi connectivity index (χ2n) is 6.86. The molecule has 0 radical (unpaired) electrons. The summed E-state index contributed by atoms with van der Waals surface area (Å²) in [5.41, 5.74) is 15.7. The number of pyridine rings is 2. The first-order chi connectivity index (χ1) is 14.5. The maximum atomic E-state index is 7.99. The van der Waals surface area contributed by atoms with Crippen LogP contribution in [0, 0.1) is 5.41 Å². The molecular formula is C23H20BrN5O. The van der Waals surface area contributed by atoms with Gasteiger partial charge in [0.15, 0.2) is 0 Å². The lowest BCUT2D eigenvalue weighted by molar-refractivity contribution is 0.251. The summed E-state index contributed by atoms with van der Waals surface area (Å²) in [6.07, 6.45) is 12.4. The molecule has 7 heteroatoms. The molecule has 0 fully saturated rings. The van der Waals surface area contributed by atoms with E-state index in [1.807, 2.05) is 48.6 Å². The molecular weight excluding hydrogens is 442 g/mol. The molecule has 0 bridgehead atoms. The van der Waals surface area contributed by atoms with Crippen molar-refractivity contribution in [3.05, 3.63) is 83.1 Å². The van der Waals surface area contributed by atoms with Gasteiger partial charge in [0.1, 0.15) is 17.7 Å². The van der Waals surface area contributed by atoms with Gasteiger partial charge in [-0.25, -0.2) is 4.98 Å². The number of ether oxygens (including phenoxy) is 1. The Morgan fingerprint density at radius 2 is 1.90 bits per heavy atom. The second kappa shape index (κ2) is 8.51. The Bertz CT molecular complexity index is 1150. The molecule has 0 saturated carbocycles. The lowest BCUT2D eigenvalue weighted by Gasteiger charge is -2.17. The summed E-state index contributed by atoms with van der Waals surface area (Å²) in [6.45, 7) is 0. The molecule has 5 N–H and O–H groups in total. The average molecular weight is 462 g/mol. The van der Waals surface area contributed by atoms with Gasteiger partial charge in [0.05, 0.1) is 17.0 Å². The fourth-order valence-electron chi connectivity index (χ4n) is 3.27. The predicted molar refractivity (Wildman–Crippen MR) is 123 cm³/mol. The number of aromatic nitrogens is 2. The second-order valence-corrected chi connectivity index (χ2v) is 7.77. The van der Waals surface area contributed by atoms with E-state index < -0.39 is 0 Å².